The Balaban J connectivity index is 1.31. The lowest BCUT2D eigenvalue weighted by molar-refractivity contribution is -0.132. The number of fused-ring (bicyclic) bond motifs is 1. The van der Waals surface area contributed by atoms with Crippen LogP contribution in [0.4, 0.5) is 10.1 Å². The van der Waals surface area contributed by atoms with Crippen LogP contribution >= 0.6 is 11.8 Å². The van der Waals surface area contributed by atoms with Crippen molar-refractivity contribution in [2.45, 2.75) is 16.5 Å². The van der Waals surface area contributed by atoms with E-state index in [2.05, 4.69) is 27.1 Å². The van der Waals surface area contributed by atoms with Crippen LogP contribution in [0, 0.1) is 5.82 Å². The largest absolute Gasteiger partial charge is 0.368 e. The topological polar surface area (TPSA) is 75.7 Å². The van der Waals surface area contributed by atoms with Gasteiger partial charge in [-0.25, -0.2) is 23.3 Å². The lowest BCUT2D eigenvalue weighted by Gasteiger charge is -2.36. The number of nitrogens with zero attached hydrogens (tertiary/aromatic N) is 6. The van der Waals surface area contributed by atoms with Gasteiger partial charge in [-0.15, -0.1) is 5.10 Å². The molecule has 10 heteroatoms. The first kappa shape index (κ1) is 21.2. The normalized spacial score (nSPS) is 14.1. The summed E-state index contributed by atoms with van der Waals surface area (Å²) in [6, 6.07) is 16.2. The van der Waals surface area contributed by atoms with Crippen LogP contribution in [0.1, 0.15) is 0 Å². The van der Waals surface area contributed by atoms with E-state index >= 15 is 0 Å². The molecular weight excluding hydrogens is 443 g/mol. The van der Waals surface area contributed by atoms with Crippen molar-refractivity contribution in [2.24, 2.45) is 0 Å². The maximum absolute atomic E-state index is 13.5. The van der Waals surface area contributed by atoms with E-state index < -0.39 is 5.69 Å². The number of piperazine rings is 1. The number of carbonyl (C=O) groups is 1. The average molecular weight is 465 g/mol. The molecule has 0 N–H and O–H groups in total. The van der Waals surface area contributed by atoms with Crippen molar-refractivity contribution < 1.29 is 9.18 Å². The van der Waals surface area contributed by atoms with E-state index in [0.29, 0.717) is 28.7 Å². The van der Waals surface area contributed by atoms with Gasteiger partial charge < -0.3 is 9.80 Å². The van der Waals surface area contributed by atoms with Crippen LogP contribution in [0.15, 0.2) is 81.7 Å². The van der Waals surface area contributed by atoms with Crippen LogP contribution in [0.5, 0.6) is 0 Å². The molecule has 3 heterocycles. The van der Waals surface area contributed by atoms with Crippen molar-refractivity contribution in [3.05, 3.63) is 83.3 Å². The number of para-hydroxylation sites is 1. The van der Waals surface area contributed by atoms with Crippen LogP contribution in [0.3, 0.4) is 0 Å². The van der Waals surface area contributed by atoms with Crippen LogP contribution in [-0.4, -0.2) is 56.2 Å². The van der Waals surface area contributed by atoms with Crippen molar-refractivity contribution in [3.8, 4) is 0 Å². The van der Waals surface area contributed by atoms with E-state index in [-0.39, 0.29) is 18.3 Å². The summed E-state index contributed by atoms with van der Waals surface area (Å²) in [6.07, 6.45) is 3.01. The molecule has 0 radical (unpaired) electrons. The Morgan fingerprint density at radius 1 is 1.03 bits per heavy atom. The molecule has 0 bridgehead atoms. The van der Waals surface area contributed by atoms with Crippen molar-refractivity contribution in [1.82, 2.24) is 24.1 Å². The molecule has 0 spiro atoms. The van der Waals surface area contributed by atoms with Gasteiger partial charge in [0.05, 0.1) is 0 Å². The third kappa shape index (κ3) is 4.47. The highest BCUT2D eigenvalue weighted by atomic mass is 32.2. The smallest absolute Gasteiger partial charge is 0.350 e. The van der Waals surface area contributed by atoms with E-state index in [1.165, 1.54) is 45.4 Å². The van der Waals surface area contributed by atoms with Gasteiger partial charge in [0.1, 0.15) is 17.4 Å². The molecule has 1 saturated heterocycles. The second-order valence-corrected chi connectivity index (χ2v) is 8.69. The van der Waals surface area contributed by atoms with E-state index in [0.717, 1.165) is 18.8 Å². The van der Waals surface area contributed by atoms with Crippen molar-refractivity contribution >= 4 is 29.0 Å². The molecule has 8 nitrogen and oxygen atoms in total. The Bertz CT molecular complexity index is 1350. The Morgan fingerprint density at radius 3 is 2.58 bits per heavy atom. The predicted octanol–water partition coefficient (Wildman–Crippen LogP) is 2.53. The minimum absolute atomic E-state index is 0.143. The summed E-state index contributed by atoms with van der Waals surface area (Å²) in [6.45, 7) is 2.48. The fraction of sp³-hybridized carbons (Fsp3) is 0.217. The van der Waals surface area contributed by atoms with Gasteiger partial charge >= 0.3 is 5.69 Å². The van der Waals surface area contributed by atoms with Crippen molar-refractivity contribution in [1.29, 1.82) is 0 Å². The Morgan fingerprint density at radius 2 is 1.82 bits per heavy atom. The number of benzene rings is 2. The maximum atomic E-state index is 13.5. The lowest BCUT2D eigenvalue weighted by atomic mass is 10.2. The first-order valence-corrected chi connectivity index (χ1v) is 11.4. The van der Waals surface area contributed by atoms with Gasteiger partial charge in [0, 0.05) is 49.2 Å². The van der Waals surface area contributed by atoms with Crippen LogP contribution < -0.4 is 10.6 Å². The van der Waals surface area contributed by atoms with Crippen molar-refractivity contribution in [3.63, 3.8) is 0 Å². The molecule has 1 amide bonds. The predicted molar refractivity (Wildman–Crippen MR) is 123 cm³/mol. The molecule has 0 aliphatic carbocycles. The number of carbonyl (C=O) groups excluding carboxylic acids is 1. The van der Waals surface area contributed by atoms with E-state index in [1.807, 2.05) is 18.2 Å². The Hall–Kier alpha value is -3.66. The summed E-state index contributed by atoms with van der Waals surface area (Å²) in [4.78, 5) is 34.7. The average Bonchev–Trinajstić information content (AvgIpc) is 3.16. The van der Waals surface area contributed by atoms with E-state index in [1.54, 1.807) is 17.0 Å². The molecule has 2 aromatic heterocycles. The molecule has 168 valence electrons. The standard InChI is InChI=1S/C23H21FN6O2S/c24-17-5-4-8-19(15-17)33-22-21-26-30(23(32)29(21)10-9-25-22)16-20(31)28-13-11-27(12-14-28)18-6-2-1-3-7-18/h1-10,15H,11-14,16H2. The van der Waals surface area contributed by atoms with Crippen molar-refractivity contribution in [2.75, 3.05) is 31.1 Å². The number of halogens is 1. The molecule has 0 unspecified atom stereocenters. The summed E-state index contributed by atoms with van der Waals surface area (Å²) in [5, 5.41) is 4.82. The minimum atomic E-state index is -0.412. The zero-order chi connectivity index (χ0) is 22.8. The van der Waals surface area contributed by atoms with Gasteiger partial charge in [-0.2, -0.15) is 0 Å². The lowest BCUT2D eigenvalue weighted by Crippen LogP contribution is -2.50. The molecule has 5 rings (SSSR count). The zero-order valence-corrected chi connectivity index (χ0v) is 18.5. The Labute approximate surface area is 193 Å². The number of rotatable bonds is 5. The van der Waals surface area contributed by atoms with Gasteiger partial charge in [0.2, 0.25) is 5.91 Å². The van der Waals surface area contributed by atoms with Gasteiger partial charge in [0.15, 0.2) is 5.65 Å². The molecule has 2 aromatic carbocycles. The summed E-state index contributed by atoms with van der Waals surface area (Å²) < 4.78 is 16.1. The minimum Gasteiger partial charge on any atom is -0.368 e. The fourth-order valence-electron chi connectivity index (χ4n) is 3.82. The van der Waals surface area contributed by atoms with Crippen LogP contribution in [0.2, 0.25) is 0 Å². The maximum Gasteiger partial charge on any atom is 0.350 e. The van der Waals surface area contributed by atoms with Gasteiger partial charge in [0.25, 0.3) is 0 Å². The number of hydrogen-bond acceptors (Lipinski definition) is 6. The first-order valence-electron chi connectivity index (χ1n) is 10.5. The number of aromatic nitrogens is 4. The van der Waals surface area contributed by atoms with Gasteiger partial charge in [-0.1, -0.05) is 36.0 Å². The highest BCUT2D eigenvalue weighted by molar-refractivity contribution is 7.99. The van der Waals surface area contributed by atoms with Crippen LogP contribution in [0.25, 0.3) is 5.65 Å². The van der Waals surface area contributed by atoms with Gasteiger partial charge in [-0.05, 0) is 30.3 Å². The third-order valence-corrected chi connectivity index (χ3v) is 6.49. The monoisotopic (exact) mass is 464 g/mol. The zero-order valence-electron chi connectivity index (χ0n) is 17.7. The second-order valence-electron chi connectivity index (χ2n) is 7.63. The van der Waals surface area contributed by atoms with E-state index in [4.69, 9.17) is 0 Å². The third-order valence-electron chi connectivity index (χ3n) is 5.52. The molecular formula is C23H21FN6O2S. The van der Waals surface area contributed by atoms with E-state index in [9.17, 15) is 14.0 Å². The number of amides is 1. The molecule has 1 fully saturated rings. The molecule has 0 atom stereocenters. The quantitative estimate of drug-likeness (QED) is 0.452. The highest BCUT2D eigenvalue weighted by Crippen LogP contribution is 2.28. The summed E-state index contributed by atoms with van der Waals surface area (Å²) in [5.41, 5.74) is 1.06. The highest BCUT2D eigenvalue weighted by Gasteiger charge is 2.23. The number of hydrogen-bond donors (Lipinski definition) is 0. The molecule has 4 aromatic rings. The molecule has 0 saturated carbocycles. The molecule has 1 aliphatic rings. The Kier molecular flexibility index (Phi) is 5.82. The summed E-state index contributed by atoms with van der Waals surface area (Å²) in [5.74, 6) is -0.506. The van der Waals surface area contributed by atoms with Crippen LogP contribution in [-0.2, 0) is 11.3 Å². The SMILES string of the molecule is O=C(Cn1nc2c(Sc3cccc(F)c3)nccn2c1=O)N1CCN(c2ccccc2)CC1. The molecule has 1 aliphatic heterocycles. The first-order chi connectivity index (χ1) is 16.1. The second kappa shape index (κ2) is 9.07. The fourth-order valence-corrected chi connectivity index (χ4v) is 4.71. The summed E-state index contributed by atoms with van der Waals surface area (Å²) in [7, 11) is 0. The van der Waals surface area contributed by atoms with Gasteiger partial charge in [-0.3, -0.25) is 4.79 Å². The number of anilines is 1. The summed E-state index contributed by atoms with van der Waals surface area (Å²) >= 11 is 1.21. The molecule has 33 heavy (non-hydrogen) atoms.